The lowest BCUT2D eigenvalue weighted by Crippen LogP contribution is -2.04. The van der Waals surface area contributed by atoms with Gasteiger partial charge in [0.15, 0.2) is 0 Å². The van der Waals surface area contributed by atoms with Gasteiger partial charge in [-0.1, -0.05) is 12.1 Å². The molecule has 2 aromatic heterocycles. The van der Waals surface area contributed by atoms with Crippen molar-refractivity contribution in [3.05, 3.63) is 66.0 Å². The molecule has 2 aromatic carbocycles. The third-order valence-corrected chi connectivity index (χ3v) is 4.18. The van der Waals surface area contributed by atoms with E-state index < -0.39 is 29.4 Å². The van der Waals surface area contributed by atoms with Crippen molar-refractivity contribution in [2.45, 2.75) is 6.18 Å². The summed E-state index contributed by atoms with van der Waals surface area (Å²) in [6, 6.07) is 7.02. The van der Waals surface area contributed by atoms with Gasteiger partial charge in [-0.05, 0) is 18.2 Å². The Labute approximate surface area is 165 Å². The number of carboxylic acids is 1. The van der Waals surface area contributed by atoms with Crippen LogP contribution >= 0.6 is 0 Å². The second-order valence-electron chi connectivity index (χ2n) is 6.24. The van der Waals surface area contributed by atoms with Gasteiger partial charge in [0, 0.05) is 11.6 Å². The lowest BCUT2D eigenvalue weighted by molar-refractivity contribution is -0.137. The average Bonchev–Trinajstić information content (AvgIpc) is 3.11. The summed E-state index contributed by atoms with van der Waals surface area (Å²) in [6.45, 7) is 0. The molecule has 4 rings (SSSR count). The molecule has 0 aliphatic heterocycles. The van der Waals surface area contributed by atoms with E-state index in [1.807, 2.05) is 0 Å². The fourth-order valence-corrected chi connectivity index (χ4v) is 2.74. The summed E-state index contributed by atoms with van der Waals surface area (Å²) in [5.74, 6) is -2.04. The molecule has 0 unspecified atom stereocenters. The second kappa shape index (κ2) is 7.10. The van der Waals surface area contributed by atoms with E-state index in [9.17, 15) is 22.4 Å². The van der Waals surface area contributed by atoms with Crippen LogP contribution in [0.15, 0.2) is 48.8 Å². The van der Waals surface area contributed by atoms with E-state index in [0.29, 0.717) is 16.6 Å². The highest BCUT2D eigenvalue weighted by molar-refractivity contribution is 5.85. The van der Waals surface area contributed by atoms with Crippen molar-refractivity contribution in [1.82, 2.24) is 19.9 Å². The lowest BCUT2D eigenvalue weighted by Gasteiger charge is -2.07. The number of aromatic amines is 1. The van der Waals surface area contributed by atoms with Crippen LogP contribution in [0.1, 0.15) is 16.2 Å². The van der Waals surface area contributed by atoms with Gasteiger partial charge in [0.25, 0.3) is 0 Å². The van der Waals surface area contributed by atoms with Crippen LogP contribution in [-0.2, 0) is 6.18 Å². The van der Waals surface area contributed by atoms with Gasteiger partial charge in [0.2, 0.25) is 5.82 Å². The first-order valence-electron chi connectivity index (χ1n) is 8.40. The molecule has 0 spiro atoms. The predicted molar refractivity (Wildman–Crippen MR) is 98.8 cm³/mol. The molecule has 152 valence electrons. The van der Waals surface area contributed by atoms with Gasteiger partial charge in [-0.25, -0.2) is 24.1 Å². The number of carbonyl (C=O) groups is 1. The summed E-state index contributed by atoms with van der Waals surface area (Å²) in [4.78, 5) is 25.2. The van der Waals surface area contributed by atoms with Gasteiger partial charge in [-0.15, -0.1) is 0 Å². The van der Waals surface area contributed by atoms with Gasteiger partial charge < -0.3 is 15.4 Å². The first-order chi connectivity index (χ1) is 14.2. The Kier molecular flexibility index (Phi) is 4.57. The van der Waals surface area contributed by atoms with Crippen molar-refractivity contribution < 1.29 is 27.5 Å². The summed E-state index contributed by atoms with van der Waals surface area (Å²) >= 11 is 0. The Hall–Kier alpha value is -4.02. The number of anilines is 2. The molecule has 0 bridgehead atoms. The van der Waals surface area contributed by atoms with Crippen molar-refractivity contribution in [3.8, 4) is 11.4 Å². The highest BCUT2D eigenvalue weighted by atomic mass is 19.4. The molecule has 2 heterocycles. The minimum atomic E-state index is -4.44. The van der Waals surface area contributed by atoms with Crippen LogP contribution in [-0.4, -0.2) is 31.0 Å². The molecule has 0 saturated heterocycles. The van der Waals surface area contributed by atoms with Crippen molar-refractivity contribution in [2.24, 2.45) is 0 Å². The number of nitrogens with zero attached hydrogens (tertiary/aromatic N) is 3. The molecule has 0 fully saturated rings. The molecule has 0 aliphatic carbocycles. The van der Waals surface area contributed by atoms with Gasteiger partial charge in [-0.3, -0.25) is 0 Å². The number of aromatic carboxylic acids is 1. The number of carboxylic acid groups (broad SMARTS) is 1. The first kappa shape index (κ1) is 19.3. The molecule has 4 aromatic rings. The van der Waals surface area contributed by atoms with Gasteiger partial charge >= 0.3 is 12.1 Å². The molecule has 0 saturated carbocycles. The largest absolute Gasteiger partial charge is 0.475 e. The Bertz CT molecular complexity index is 1240. The standard InChI is InChI=1S/C19H11F4N5O2/c20-12-5-14-15(6-13(12)26-11-7-24-17(18(29)30)25-8-11)28-16(27-14)9-1-3-10(4-2-9)19(21,22)23/h1-8,26H,(H,27,28)(H,29,30). The molecule has 0 amide bonds. The summed E-state index contributed by atoms with van der Waals surface area (Å²) in [5.41, 5.74) is 0.654. The topological polar surface area (TPSA) is 104 Å². The number of imidazole rings is 1. The highest BCUT2D eigenvalue weighted by Gasteiger charge is 2.30. The third-order valence-electron chi connectivity index (χ3n) is 4.18. The maximum absolute atomic E-state index is 14.4. The Morgan fingerprint density at radius 3 is 2.33 bits per heavy atom. The Morgan fingerprint density at radius 2 is 1.73 bits per heavy atom. The van der Waals surface area contributed by atoms with E-state index in [0.717, 1.165) is 12.1 Å². The van der Waals surface area contributed by atoms with Crippen LogP contribution < -0.4 is 5.32 Å². The van der Waals surface area contributed by atoms with Gasteiger partial charge in [0.05, 0.1) is 40.4 Å². The third kappa shape index (κ3) is 3.77. The highest BCUT2D eigenvalue weighted by Crippen LogP contribution is 2.31. The van der Waals surface area contributed by atoms with Crippen molar-refractivity contribution in [3.63, 3.8) is 0 Å². The SMILES string of the molecule is O=C(O)c1ncc(Nc2cc3nc(-c4ccc(C(F)(F)F)cc4)[nH]c3cc2F)cn1. The molecule has 30 heavy (non-hydrogen) atoms. The fraction of sp³-hybridized carbons (Fsp3) is 0.0526. The monoisotopic (exact) mass is 417 g/mol. The van der Waals surface area contributed by atoms with Crippen LogP contribution in [0.5, 0.6) is 0 Å². The van der Waals surface area contributed by atoms with Crippen LogP contribution in [0, 0.1) is 5.82 Å². The number of benzene rings is 2. The summed E-state index contributed by atoms with van der Waals surface area (Å²) < 4.78 is 52.6. The molecule has 0 aliphatic rings. The van der Waals surface area contributed by atoms with Gasteiger partial charge in [-0.2, -0.15) is 13.2 Å². The number of aromatic nitrogens is 4. The lowest BCUT2D eigenvalue weighted by atomic mass is 10.1. The molecule has 3 N–H and O–H groups in total. The molecular weight excluding hydrogens is 406 g/mol. The number of H-pyrrole nitrogens is 1. The number of hydrogen-bond acceptors (Lipinski definition) is 5. The van der Waals surface area contributed by atoms with Crippen LogP contribution in [0.3, 0.4) is 0 Å². The maximum atomic E-state index is 14.4. The fourth-order valence-electron chi connectivity index (χ4n) is 2.74. The van der Waals surface area contributed by atoms with E-state index >= 15 is 0 Å². The molecule has 0 radical (unpaired) electrons. The Balaban J connectivity index is 1.63. The molecule has 0 atom stereocenters. The number of fused-ring (bicyclic) bond motifs is 1. The van der Waals surface area contributed by atoms with Gasteiger partial charge in [0.1, 0.15) is 11.6 Å². The van der Waals surface area contributed by atoms with Crippen molar-refractivity contribution in [1.29, 1.82) is 0 Å². The van der Waals surface area contributed by atoms with Crippen molar-refractivity contribution in [2.75, 3.05) is 5.32 Å². The Morgan fingerprint density at radius 1 is 1.07 bits per heavy atom. The zero-order valence-electron chi connectivity index (χ0n) is 14.8. The van der Waals surface area contributed by atoms with Crippen LogP contribution in [0.25, 0.3) is 22.4 Å². The number of nitrogens with one attached hydrogen (secondary N) is 2. The number of rotatable bonds is 4. The number of hydrogen-bond donors (Lipinski definition) is 3. The van der Waals surface area contributed by atoms with E-state index in [1.54, 1.807) is 0 Å². The van der Waals surface area contributed by atoms with E-state index in [4.69, 9.17) is 5.11 Å². The second-order valence-corrected chi connectivity index (χ2v) is 6.24. The molecular formula is C19H11F4N5O2. The zero-order valence-corrected chi connectivity index (χ0v) is 14.8. The minimum absolute atomic E-state index is 0.0413. The van der Waals surface area contributed by atoms with E-state index in [2.05, 4.69) is 25.3 Å². The normalized spacial score (nSPS) is 11.6. The smallest absolute Gasteiger partial charge is 0.416 e. The minimum Gasteiger partial charge on any atom is -0.475 e. The predicted octanol–water partition coefficient (Wildman–Crippen LogP) is 4.62. The summed E-state index contributed by atoms with van der Waals surface area (Å²) in [7, 11) is 0. The molecule has 11 heteroatoms. The average molecular weight is 417 g/mol. The van der Waals surface area contributed by atoms with Crippen LogP contribution in [0.4, 0.5) is 28.9 Å². The maximum Gasteiger partial charge on any atom is 0.416 e. The van der Waals surface area contributed by atoms with Crippen molar-refractivity contribution >= 4 is 28.4 Å². The quantitative estimate of drug-likeness (QED) is 0.419. The number of halogens is 4. The summed E-state index contributed by atoms with van der Waals surface area (Å²) in [5, 5.41) is 11.5. The first-order valence-corrected chi connectivity index (χ1v) is 8.40. The van der Waals surface area contributed by atoms with E-state index in [-0.39, 0.29) is 17.2 Å². The summed E-state index contributed by atoms with van der Waals surface area (Å²) in [6.07, 6.45) is -2.06. The van der Waals surface area contributed by atoms with Crippen LogP contribution in [0.2, 0.25) is 0 Å². The zero-order chi connectivity index (χ0) is 21.5. The number of alkyl halides is 3. The van der Waals surface area contributed by atoms with E-state index in [1.165, 1.54) is 36.7 Å². The molecule has 7 nitrogen and oxygen atoms in total.